The van der Waals surface area contributed by atoms with Crippen LogP contribution in [0.2, 0.25) is 0 Å². The first-order valence-corrected chi connectivity index (χ1v) is 9.83. The van der Waals surface area contributed by atoms with E-state index in [9.17, 15) is 0 Å². The first-order valence-electron chi connectivity index (χ1n) is 9.83. The van der Waals surface area contributed by atoms with Gasteiger partial charge in [-0.05, 0) is 40.8 Å². The van der Waals surface area contributed by atoms with Gasteiger partial charge in [0.2, 0.25) is 0 Å². The molecule has 4 nitrogen and oxygen atoms in total. The monoisotopic (exact) mass is 328 g/mol. The van der Waals surface area contributed by atoms with Gasteiger partial charge in [0, 0.05) is 5.41 Å². The van der Waals surface area contributed by atoms with Crippen LogP contribution in [0.5, 0.6) is 0 Å². The molecule has 0 saturated heterocycles. The number of aromatic nitrogens is 4. The topological polar surface area (TPSA) is 43.1 Å². The normalized spacial score (nSPS) is 20.2. The van der Waals surface area contributed by atoms with Crippen molar-refractivity contribution in [2.24, 2.45) is 0 Å². The maximum Gasteiger partial charge on any atom is 0.179 e. The Labute approximate surface area is 146 Å². The molecule has 1 saturated carbocycles. The number of hydrogen-bond acceptors (Lipinski definition) is 3. The summed E-state index contributed by atoms with van der Waals surface area (Å²) in [6.45, 7) is 7.01. The van der Waals surface area contributed by atoms with Crippen LogP contribution >= 0.6 is 0 Å². The van der Waals surface area contributed by atoms with Crippen molar-refractivity contribution in [2.45, 2.75) is 96.3 Å². The van der Waals surface area contributed by atoms with Gasteiger partial charge in [0.05, 0.1) is 5.69 Å². The Morgan fingerprint density at radius 3 is 2.08 bits per heavy atom. The Morgan fingerprint density at radius 1 is 0.917 bits per heavy atom. The van der Waals surface area contributed by atoms with E-state index in [-0.39, 0.29) is 5.41 Å². The van der Waals surface area contributed by atoms with E-state index in [4.69, 9.17) is 0 Å². The Bertz CT molecular complexity index is 647. The van der Waals surface area contributed by atoms with Gasteiger partial charge in [-0.2, -0.15) is 4.52 Å². The highest BCUT2D eigenvalue weighted by Crippen LogP contribution is 2.39. The molecule has 3 rings (SSSR count). The minimum absolute atomic E-state index is 0.166. The standard InChI is InChI=1S/C20H32N4/c1-16(2)17-12-13-18-21-22-23-24(18)19(17)20(3)14-10-8-6-4-5-7-9-11-15-20/h12-13,16H,4-11,14-15H2,1-3H3. The van der Waals surface area contributed by atoms with Gasteiger partial charge in [-0.1, -0.05) is 78.2 Å². The van der Waals surface area contributed by atoms with Gasteiger partial charge in [0.15, 0.2) is 5.65 Å². The van der Waals surface area contributed by atoms with E-state index in [0.717, 1.165) is 5.65 Å². The fourth-order valence-electron chi connectivity index (χ4n) is 4.35. The van der Waals surface area contributed by atoms with Crippen molar-refractivity contribution in [1.29, 1.82) is 0 Å². The van der Waals surface area contributed by atoms with Gasteiger partial charge in [0.1, 0.15) is 0 Å². The lowest BCUT2D eigenvalue weighted by atomic mass is 9.74. The maximum absolute atomic E-state index is 4.35. The second-order valence-corrected chi connectivity index (χ2v) is 8.13. The van der Waals surface area contributed by atoms with E-state index in [2.05, 4.69) is 48.4 Å². The molecule has 0 atom stereocenters. The predicted molar refractivity (Wildman–Crippen MR) is 98.4 cm³/mol. The number of tetrazole rings is 1. The molecule has 0 bridgehead atoms. The first-order chi connectivity index (χ1) is 11.6. The number of nitrogens with zero attached hydrogens (tertiary/aromatic N) is 4. The van der Waals surface area contributed by atoms with Crippen molar-refractivity contribution in [3.05, 3.63) is 23.4 Å². The number of fused-ring (bicyclic) bond motifs is 1. The van der Waals surface area contributed by atoms with Crippen LogP contribution in [0.4, 0.5) is 0 Å². The zero-order valence-electron chi connectivity index (χ0n) is 15.6. The summed E-state index contributed by atoms with van der Waals surface area (Å²) in [7, 11) is 0. The second kappa shape index (κ2) is 7.62. The molecule has 1 aliphatic carbocycles. The van der Waals surface area contributed by atoms with Crippen molar-refractivity contribution in [2.75, 3.05) is 0 Å². The Kier molecular flexibility index (Phi) is 5.52. The van der Waals surface area contributed by atoms with Crippen molar-refractivity contribution in [1.82, 2.24) is 20.0 Å². The minimum atomic E-state index is 0.166. The molecule has 4 heteroatoms. The SMILES string of the molecule is CC(C)c1ccc2nnnn2c1C1(C)CCCCCCCCCC1. The van der Waals surface area contributed by atoms with E-state index in [0.29, 0.717) is 5.92 Å². The van der Waals surface area contributed by atoms with Crippen LogP contribution in [-0.2, 0) is 5.41 Å². The predicted octanol–water partition coefficient (Wildman–Crippen LogP) is 5.42. The molecular weight excluding hydrogens is 296 g/mol. The van der Waals surface area contributed by atoms with Crippen LogP contribution in [-0.4, -0.2) is 20.0 Å². The van der Waals surface area contributed by atoms with Crippen molar-refractivity contribution in [3.63, 3.8) is 0 Å². The molecule has 24 heavy (non-hydrogen) atoms. The molecule has 2 aromatic heterocycles. The molecule has 1 aliphatic rings. The third-order valence-corrected chi connectivity index (χ3v) is 5.79. The second-order valence-electron chi connectivity index (χ2n) is 8.13. The lowest BCUT2D eigenvalue weighted by Crippen LogP contribution is -2.28. The Morgan fingerprint density at radius 2 is 1.50 bits per heavy atom. The highest BCUT2D eigenvalue weighted by atomic mass is 15.5. The first kappa shape index (κ1) is 17.4. The highest BCUT2D eigenvalue weighted by Gasteiger charge is 2.32. The van der Waals surface area contributed by atoms with Crippen LogP contribution < -0.4 is 0 Å². The third kappa shape index (κ3) is 3.62. The van der Waals surface area contributed by atoms with E-state index >= 15 is 0 Å². The summed E-state index contributed by atoms with van der Waals surface area (Å²) in [5.74, 6) is 0.489. The molecule has 2 aromatic rings. The zero-order valence-corrected chi connectivity index (χ0v) is 15.6. The molecule has 0 amide bonds. The van der Waals surface area contributed by atoms with Crippen molar-refractivity contribution >= 4 is 5.65 Å². The highest BCUT2D eigenvalue weighted by molar-refractivity contribution is 5.44. The summed E-state index contributed by atoms with van der Waals surface area (Å²) >= 11 is 0. The van der Waals surface area contributed by atoms with Gasteiger partial charge in [-0.3, -0.25) is 0 Å². The number of hydrogen-bond donors (Lipinski definition) is 0. The maximum atomic E-state index is 4.35. The van der Waals surface area contributed by atoms with Crippen LogP contribution in [0.3, 0.4) is 0 Å². The lowest BCUT2D eigenvalue weighted by Gasteiger charge is -2.33. The molecule has 0 N–H and O–H groups in total. The molecule has 0 radical (unpaired) electrons. The molecule has 2 heterocycles. The van der Waals surface area contributed by atoms with E-state index in [1.165, 1.54) is 75.5 Å². The van der Waals surface area contributed by atoms with Crippen LogP contribution in [0.1, 0.15) is 102 Å². The van der Waals surface area contributed by atoms with Crippen LogP contribution in [0, 0.1) is 0 Å². The molecular formula is C20H32N4. The third-order valence-electron chi connectivity index (χ3n) is 5.79. The van der Waals surface area contributed by atoms with Crippen LogP contribution in [0.15, 0.2) is 12.1 Å². The smallest absolute Gasteiger partial charge is 0.179 e. The van der Waals surface area contributed by atoms with Crippen LogP contribution in [0.25, 0.3) is 5.65 Å². The van der Waals surface area contributed by atoms with E-state index < -0.39 is 0 Å². The molecule has 0 aromatic carbocycles. The summed E-state index contributed by atoms with van der Waals surface area (Å²) in [5.41, 5.74) is 3.81. The lowest BCUT2D eigenvalue weighted by molar-refractivity contribution is 0.349. The van der Waals surface area contributed by atoms with Gasteiger partial charge in [0.25, 0.3) is 0 Å². The number of pyridine rings is 1. The van der Waals surface area contributed by atoms with Gasteiger partial charge < -0.3 is 0 Å². The van der Waals surface area contributed by atoms with E-state index in [1.807, 2.05) is 4.52 Å². The summed E-state index contributed by atoms with van der Waals surface area (Å²) in [5, 5.41) is 12.5. The molecule has 0 spiro atoms. The van der Waals surface area contributed by atoms with Gasteiger partial charge in [-0.25, -0.2) is 0 Å². The average Bonchev–Trinajstić information content (AvgIpc) is 3.01. The fraction of sp³-hybridized carbons (Fsp3) is 0.750. The number of rotatable bonds is 2. The van der Waals surface area contributed by atoms with Gasteiger partial charge >= 0.3 is 0 Å². The Hall–Kier alpha value is -1.45. The summed E-state index contributed by atoms with van der Waals surface area (Å²) in [6, 6.07) is 4.31. The van der Waals surface area contributed by atoms with Crippen molar-refractivity contribution in [3.8, 4) is 0 Å². The summed E-state index contributed by atoms with van der Waals surface area (Å²) in [4.78, 5) is 0. The molecule has 0 unspecified atom stereocenters. The quantitative estimate of drug-likeness (QED) is 0.739. The average molecular weight is 329 g/mol. The van der Waals surface area contributed by atoms with E-state index in [1.54, 1.807) is 0 Å². The minimum Gasteiger partial charge on any atom is -0.197 e. The fourth-order valence-corrected chi connectivity index (χ4v) is 4.35. The molecule has 0 aliphatic heterocycles. The Balaban J connectivity index is 2.03. The molecule has 132 valence electrons. The molecule has 1 fully saturated rings. The summed E-state index contributed by atoms with van der Waals surface area (Å²) in [6.07, 6.45) is 13.4. The van der Waals surface area contributed by atoms with Gasteiger partial charge in [-0.15, -0.1) is 5.10 Å². The summed E-state index contributed by atoms with van der Waals surface area (Å²) < 4.78 is 2.02. The zero-order chi connectivity index (χ0) is 17.0. The van der Waals surface area contributed by atoms with Crippen molar-refractivity contribution < 1.29 is 0 Å². The largest absolute Gasteiger partial charge is 0.197 e.